The summed E-state index contributed by atoms with van der Waals surface area (Å²) in [4.78, 5) is 15.3. The first kappa shape index (κ1) is 17.0. The molecule has 0 heterocycles. The van der Waals surface area contributed by atoms with Crippen LogP contribution in [0.5, 0.6) is 0 Å². The van der Waals surface area contributed by atoms with Crippen molar-refractivity contribution in [2.45, 2.75) is 15.6 Å². The molecule has 1 amide bonds. The number of carbonyl (C=O) groups is 1. The van der Waals surface area contributed by atoms with Gasteiger partial charge in [-0.3, -0.25) is 4.84 Å². The summed E-state index contributed by atoms with van der Waals surface area (Å²) in [5.74, 6) is 0. The molecule has 0 unspecified atom stereocenters. The first-order chi connectivity index (χ1) is 9.10. The Balaban J connectivity index is 2.70. The van der Waals surface area contributed by atoms with Gasteiger partial charge in [0.1, 0.15) is 0 Å². The largest absolute Gasteiger partial charge is 0.447 e. The third-order valence-corrected chi connectivity index (χ3v) is 3.50. The van der Waals surface area contributed by atoms with E-state index in [2.05, 4.69) is 9.99 Å². The summed E-state index contributed by atoms with van der Waals surface area (Å²) in [5.41, 5.74) is 0.874. The number of carbonyl (C=O) groups excluding carboxylic acids is 1. The van der Waals surface area contributed by atoms with Gasteiger partial charge < -0.3 is 0 Å². The molecule has 110 valence electrons. The number of rotatable bonds is 3. The molecule has 1 rings (SSSR count). The summed E-state index contributed by atoms with van der Waals surface area (Å²) in [5, 5.41) is 3.04. The molecule has 0 aliphatic rings. The van der Waals surface area contributed by atoms with Crippen LogP contribution < -0.4 is 4.72 Å². The number of oxime groups is 1. The standard InChI is InChI=1S/C10H9Cl3N2O4S/c1-7-2-4-8(5-3-7)20(17,18)15-9(16)19-14-6-10(11,12)13/h2-6H,1H3,(H,15,16)/b14-6+. The Kier molecular flexibility index (Phi) is 5.64. The van der Waals surface area contributed by atoms with E-state index in [1.54, 1.807) is 23.8 Å². The summed E-state index contributed by atoms with van der Waals surface area (Å²) >= 11 is 15.9. The summed E-state index contributed by atoms with van der Waals surface area (Å²) in [7, 11) is -4.04. The molecular formula is C10H9Cl3N2O4S. The van der Waals surface area contributed by atoms with Crippen molar-refractivity contribution in [1.29, 1.82) is 0 Å². The van der Waals surface area contributed by atoms with Gasteiger partial charge in [0, 0.05) is 0 Å². The monoisotopic (exact) mass is 358 g/mol. The van der Waals surface area contributed by atoms with Crippen LogP contribution in [0, 0.1) is 6.92 Å². The number of sulfonamides is 1. The normalized spacial score (nSPS) is 12.4. The molecule has 0 aliphatic carbocycles. The van der Waals surface area contributed by atoms with Gasteiger partial charge in [0.2, 0.25) is 3.79 Å². The SMILES string of the molecule is Cc1ccc(S(=O)(=O)NC(=O)O/N=C/C(Cl)(Cl)Cl)cc1. The highest BCUT2D eigenvalue weighted by Crippen LogP contribution is 2.22. The fraction of sp³-hybridized carbons (Fsp3) is 0.200. The van der Waals surface area contributed by atoms with E-state index < -0.39 is 19.9 Å². The number of hydrogen-bond donors (Lipinski definition) is 1. The minimum absolute atomic E-state index is 0.0922. The van der Waals surface area contributed by atoms with Gasteiger partial charge in [-0.15, -0.1) is 0 Å². The number of aryl methyl sites for hydroxylation is 1. The Morgan fingerprint density at radius 2 is 1.85 bits per heavy atom. The van der Waals surface area contributed by atoms with Crippen molar-refractivity contribution in [2.24, 2.45) is 5.16 Å². The van der Waals surface area contributed by atoms with Crippen molar-refractivity contribution in [3.63, 3.8) is 0 Å². The molecule has 6 nitrogen and oxygen atoms in total. The lowest BCUT2D eigenvalue weighted by atomic mass is 10.2. The van der Waals surface area contributed by atoms with Gasteiger partial charge in [0.05, 0.1) is 11.1 Å². The van der Waals surface area contributed by atoms with E-state index in [9.17, 15) is 13.2 Å². The van der Waals surface area contributed by atoms with Gasteiger partial charge in [0.25, 0.3) is 10.0 Å². The molecule has 1 aromatic carbocycles. The molecule has 0 aliphatic heterocycles. The van der Waals surface area contributed by atoms with Gasteiger partial charge in [-0.1, -0.05) is 57.7 Å². The zero-order valence-electron chi connectivity index (χ0n) is 10.0. The zero-order chi connectivity index (χ0) is 15.4. The number of hydrogen-bond acceptors (Lipinski definition) is 5. The molecule has 1 aromatic rings. The Labute approximate surface area is 130 Å². The minimum atomic E-state index is -4.04. The summed E-state index contributed by atoms with van der Waals surface area (Å²) < 4.78 is 23.3. The second-order valence-electron chi connectivity index (χ2n) is 3.57. The lowest BCUT2D eigenvalue weighted by Gasteiger charge is -2.05. The fourth-order valence-corrected chi connectivity index (χ4v) is 2.03. The van der Waals surface area contributed by atoms with Crippen LogP contribution in [0.15, 0.2) is 34.3 Å². The third-order valence-electron chi connectivity index (χ3n) is 1.88. The van der Waals surface area contributed by atoms with Crippen molar-refractivity contribution in [1.82, 2.24) is 4.72 Å². The van der Waals surface area contributed by atoms with Gasteiger partial charge in [-0.25, -0.2) is 17.9 Å². The maximum Gasteiger partial charge on any atom is 0.447 e. The Morgan fingerprint density at radius 3 is 2.35 bits per heavy atom. The third kappa shape index (κ3) is 5.96. The zero-order valence-corrected chi connectivity index (χ0v) is 13.1. The first-order valence-corrected chi connectivity index (χ1v) is 7.63. The molecule has 0 radical (unpaired) electrons. The highest BCUT2D eigenvalue weighted by Gasteiger charge is 2.20. The van der Waals surface area contributed by atoms with E-state index in [-0.39, 0.29) is 4.90 Å². The predicted octanol–water partition coefficient (Wildman–Crippen LogP) is 2.77. The Hall–Kier alpha value is -1.02. The van der Waals surface area contributed by atoms with E-state index in [0.29, 0.717) is 6.21 Å². The number of nitrogens with zero attached hydrogens (tertiary/aromatic N) is 1. The molecule has 0 spiro atoms. The molecule has 0 atom stereocenters. The molecule has 0 bridgehead atoms. The van der Waals surface area contributed by atoms with Gasteiger partial charge in [0.15, 0.2) is 0 Å². The van der Waals surface area contributed by atoms with E-state index in [4.69, 9.17) is 34.8 Å². The van der Waals surface area contributed by atoms with Crippen LogP contribution in [0.1, 0.15) is 5.56 Å². The Morgan fingerprint density at radius 1 is 1.30 bits per heavy atom. The van der Waals surface area contributed by atoms with Crippen LogP contribution in [0.25, 0.3) is 0 Å². The second kappa shape index (κ2) is 6.62. The molecular weight excluding hydrogens is 351 g/mol. The number of amides is 1. The maximum atomic E-state index is 11.8. The topological polar surface area (TPSA) is 84.8 Å². The molecule has 20 heavy (non-hydrogen) atoms. The molecule has 0 aromatic heterocycles. The average molecular weight is 360 g/mol. The van der Waals surface area contributed by atoms with Crippen LogP contribution in [0.3, 0.4) is 0 Å². The molecule has 1 N–H and O–H groups in total. The summed E-state index contributed by atoms with van der Waals surface area (Å²) in [6.45, 7) is 1.80. The van der Waals surface area contributed by atoms with Crippen molar-refractivity contribution >= 4 is 57.1 Å². The number of alkyl halides is 3. The van der Waals surface area contributed by atoms with Crippen molar-refractivity contribution in [2.75, 3.05) is 0 Å². The smallest absolute Gasteiger partial charge is 0.298 e. The van der Waals surface area contributed by atoms with Crippen molar-refractivity contribution < 1.29 is 18.0 Å². The fourth-order valence-electron chi connectivity index (χ4n) is 1.04. The lowest BCUT2D eigenvalue weighted by Crippen LogP contribution is -2.30. The first-order valence-electron chi connectivity index (χ1n) is 5.02. The average Bonchev–Trinajstić information content (AvgIpc) is 2.26. The number of benzene rings is 1. The van der Waals surface area contributed by atoms with Crippen LogP contribution >= 0.6 is 34.8 Å². The van der Waals surface area contributed by atoms with E-state index >= 15 is 0 Å². The van der Waals surface area contributed by atoms with E-state index in [1.165, 1.54) is 12.1 Å². The quantitative estimate of drug-likeness (QED) is 0.389. The second-order valence-corrected chi connectivity index (χ2v) is 7.62. The van der Waals surface area contributed by atoms with Crippen molar-refractivity contribution in [3.8, 4) is 0 Å². The van der Waals surface area contributed by atoms with E-state index in [1.807, 2.05) is 0 Å². The van der Waals surface area contributed by atoms with Crippen LogP contribution in [0.2, 0.25) is 0 Å². The maximum absolute atomic E-state index is 11.8. The minimum Gasteiger partial charge on any atom is -0.298 e. The summed E-state index contributed by atoms with van der Waals surface area (Å²) in [6.07, 6.45) is -0.619. The predicted molar refractivity (Wildman–Crippen MR) is 76.8 cm³/mol. The van der Waals surface area contributed by atoms with Crippen LogP contribution in [-0.2, 0) is 14.9 Å². The molecule has 0 fully saturated rings. The summed E-state index contributed by atoms with van der Waals surface area (Å²) in [6, 6.07) is 5.85. The number of nitrogens with one attached hydrogen (secondary N) is 1. The number of halogens is 3. The molecule has 0 saturated heterocycles. The van der Waals surface area contributed by atoms with Gasteiger partial charge in [-0.05, 0) is 19.1 Å². The van der Waals surface area contributed by atoms with Gasteiger partial charge >= 0.3 is 6.09 Å². The highest BCUT2D eigenvalue weighted by molar-refractivity contribution is 7.90. The van der Waals surface area contributed by atoms with Crippen LogP contribution in [0.4, 0.5) is 4.79 Å². The lowest BCUT2D eigenvalue weighted by molar-refractivity contribution is 0.157. The van der Waals surface area contributed by atoms with E-state index in [0.717, 1.165) is 5.56 Å². The Bertz CT molecular complexity index is 608. The molecule has 0 saturated carbocycles. The highest BCUT2D eigenvalue weighted by atomic mass is 35.6. The van der Waals surface area contributed by atoms with Crippen molar-refractivity contribution in [3.05, 3.63) is 29.8 Å². The van der Waals surface area contributed by atoms with Crippen LogP contribution in [-0.4, -0.2) is 24.5 Å². The van der Waals surface area contributed by atoms with Gasteiger partial charge in [-0.2, -0.15) is 0 Å². The molecule has 10 heteroatoms.